The molecule has 3 amide bonds. The quantitative estimate of drug-likeness (QED) is 0.0503. The molecule has 3 fully saturated rings. The molecule has 1 aromatic carbocycles. The molecule has 20 heteroatoms. The van der Waals surface area contributed by atoms with Gasteiger partial charge in [-0.2, -0.15) is 0 Å². The average molecular weight is 779 g/mol. The Bertz CT molecular complexity index is 1920. The van der Waals surface area contributed by atoms with E-state index in [4.69, 9.17) is 22.2 Å². The molecule has 4 aliphatic rings. The number of fused-ring (bicyclic) bond motifs is 1. The van der Waals surface area contributed by atoms with Crippen molar-refractivity contribution in [2.24, 2.45) is 5.16 Å². The van der Waals surface area contributed by atoms with Crippen LogP contribution < -0.4 is 16.4 Å². The maximum absolute atomic E-state index is 13.6. The number of nitrogens with two attached hydrogens (primary N) is 1. The summed E-state index contributed by atoms with van der Waals surface area (Å²) in [5.74, 6) is -5.41. The Labute approximate surface area is 310 Å². The second-order valence-electron chi connectivity index (χ2n) is 13.9. The first-order valence-corrected chi connectivity index (χ1v) is 18.6. The number of hydrogen-bond acceptors (Lipinski definition) is 13. The Morgan fingerprint density at radius 3 is 2.48 bits per heavy atom. The van der Waals surface area contributed by atoms with Gasteiger partial charge in [-0.15, -0.1) is 23.1 Å². The van der Waals surface area contributed by atoms with E-state index in [1.165, 1.54) is 48.0 Å². The summed E-state index contributed by atoms with van der Waals surface area (Å²) < 4.78 is 0.498. The Balaban J connectivity index is 1.19. The molecular formula is C32H37ClN7O10S2+. The lowest BCUT2D eigenvalue weighted by atomic mass is 10.0. The standard InChI is InChI=1S/C32H36ClN7O10S2/c1-31(2,29(48)49)50-38-20(17-13-52-30(34)35-17)25(44)36-21-26(45)39-22(28(46)47)15(12-51-27(21)39)11-40(9-3-4-10-40)14-32(7-8-32)37-24(43)16-5-6-18(41)23(42)19(16)33/h5-6,13,21,27H,3-4,7-12,14H2,1-2H3,(H7-,34,35,36,37,38,41,42,43,44,46,47,48,49)/p+1/t21-,27-/m1/s1. The SMILES string of the molecule is CC(C)(O/N=C(\C(=O)N[C@@H]1C(=O)N2C(C(=O)O)=C(C[N+]3(CC4(NC(=O)c5ccc(O)c(O)c5Cl)CC4)CCCC3)CS[C@H]12)c1csc(N)n1)C(=O)O. The largest absolute Gasteiger partial charge is 0.504 e. The van der Waals surface area contributed by atoms with E-state index >= 15 is 0 Å². The van der Waals surface area contributed by atoms with Crippen LogP contribution in [0.2, 0.25) is 5.02 Å². The molecule has 17 nitrogen and oxygen atoms in total. The summed E-state index contributed by atoms with van der Waals surface area (Å²) in [7, 11) is 0. The molecule has 0 bridgehead atoms. The van der Waals surface area contributed by atoms with Crippen molar-refractivity contribution in [3.63, 3.8) is 0 Å². The number of quaternary nitrogens is 1. The first-order chi connectivity index (χ1) is 24.5. The first kappa shape index (κ1) is 37.2. The highest BCUT2D eigenvalue weighted by Crippen LogP contribution is 2.44. The van der Waals surface area contributed by atoms with E-state index in [0.717, 1.165) is 37.3 Å². The number of benzene rings is 1. The molecule has 0 spiro atoms. The van der Waals surface area contributed by atoms with Gasteiger partial charge in [0.05, 0.1) is 29.2 Å². The van der Waals surface area contributed by atoms with Crippen LogP contribution in [0.5, 0.6) is 11.5 Å². The number of nitrogen functional groups attached to an aromatic ring is 1. The average Bonchev–Trinajstić information content (AvgIpc) is 3.43. The van der Waals surface area contributed by atoms with Gasteiger partial charge in [-0.3, -0.25) is 19.3 Å². The summed E-state index contributed by atoms with van der Waals surface area (Å²) in [6.45, 7) is 4.80. The molecule has 8 N–H and O–H groups in total. The zero-order chi connectivity index (χ0) is 37.7. The van der Waals surface area contributed by atoms with Crippen LogP contribution in [0.25, 0.3) is 0 Å². The van der Waals surface area contributed by atoms with E-state index in [-0.39, 0.29) is 32.9 Å². The van der Waals surface area contributed by atoms with Crippen LogP contribution in [-0.2, 0) is 24.0 Å². The maximum Gasteiger partial charge on any atom is 0.352 e. The Kier molecular flexibility index (Phi) is 9.83. The van der Waals surface area contributed by atoms with E-state index in [1.54, 1.807) is 0 Å². The predicted octanol–water partition coefficient (Wildman–Crippen LogP) is 1.69. The smallest absolute Gasteiger partial charge is 0.352 e. The number of carboxylic acids is 2. The number of amides is 3. The number of hydrogen-bond donors (Lipinski definition) is 7. The van der Waals surface area contributed by atoms with Crippen LogP contribution in [0, 0.1) is 0 Å². The maximum atomic E-state index is 13.6. The van der Waals surface area contributed by atoms with Gasteiger partial charge in [-0.1, -0.05) is 16.8 Å². The number of likely N-dealkylation sites (tertiary alicyclic amines) is 1. The van der Waals surface area contributed by atoms with Crippen molar-refractivity contribution in [1.82, 2.24) is 20.5 Å². The number of aliphatic carboxylic acids is 2. The van der Waals surface area contributed by atoms with E-state index in [0.29, 0.717) is 36.0 Å². The molecule has 6 rings (SSSR count). The number of anilines is 1. The van der Waals surface area contributed by atoms with E-state index in [2.05, 4.69) is 20.8 Å². The predicted molar refractivity (Wildman–Crippen MR) is 189 cm³/mol. The third-order valence-corrected chi connectivity index (χ3v) is 12.0. The number of thiazole rings is 1. The van der Waals surface area contributed by atoms with Crippen LogP contribution in [0.15, 0.2) is 33.9 Å². The fourth-order valence-corrected chi connectivity index (χ4v) is 8.88. The van der Waals surface area contributed by atoms with E-state index < -0.39 is 69.4 Å². The second-order valence-corrected chi connectivity index (χ2v) is 16.2. The number of nitrogens with one attached hydrogen (secondary N) is 2. The zero-order valence-corrected chi connectivity index (χ0v) is 30.4. The van der Waals surface area contributed by atoms with Crippen molar-refractivity contribution in [1.29, 1.82) is 0 Å². The van der Waals surface area contributed by atoms with Gasteiger partial charge in [-0.25, -0.2) is 14.6 Å². The molecule has 52 heavy (non-hydrogen) atoms. The summed E-state index contributed by atoms with van der Waals surface area (Å²) >= 11 is 8.47. The molecule has 2 atom stereocenters. The van der Waals surface area contributed by atoms with Crippen molar-refractivity contribution >= 4 is 75.2 Å². The number of halogens is 1. The van der Waals surface area contributed by atoms with Gasteiger partial charge in [-0.05, 0) is 38.8 Å². The fraction of sp³-hybridized carbons (Fsp3) is 0.469. The van der Waals surface area contributed by atoms with Crippen LogP contribution >= 0.6 is 34.7 Å². The third kappa shape index (κ3) is 7.09. The molecule has 0 unspecified atom stereocenters. The lowest BCUT2D eigenvalue weighted by Crippen LogP contribution is -2.71. The Morgan fingerprint density at radius 2 is 1.88 bits per heavy atom. The number of nitrogens with zero attached hydrogens (tertiary/aromatic N) is 4. The molecule has 3 aliphatic heterocycles. The van der Waals surface area contributed by atoms with Crippen molar-refractivity contribution in [3.05, 3.63) is 45.1 Å². The zero-order valence-electron chi connectivity index (χ0n) is 28.0. The highest BCUT2D eigenvalue weighted by Gasteiger charge is 2.57. The summed E-state index contributed by atoms with van der Waals surface area (Å²) in [6.07, 6.45) is 3.16. The minimum Gasteiger partial charge on any atom is -0.504 e. The van der Waals surface area contributed by atoms with Gasteiger partial charge in [0.15, 0.2) is 22.3 Å². The first-order valence-electron chi connectivity index (χ1n) is 16.3. The molecule has 4 heterocycles. The number of phenolic OH excluding ortho intramolecular Hbond substituents is 2. The molecule has 1 aromatic heterocycles. The molecule has 2 saturated heterocycles. The summed E-state index contributed by atoms with van der Waals surface area (Å²) in [5, 5.41) is 49.5. The number of thioether (sulfide) groups is 1. The molecular weight excluding hydrogens is 742 g/mol. The highest BCUT2D eigenvalue weighted by molar-refractivity contribution is 8.00. The Hall–Kier alpha value is -4.59. The number of oxime groups is 1. The van der Waals surface area contributed by atoms with Gasteiger partial charge in [0, 0.05) is 29.5 Å². The number of carboxylic acid groups (broad SMARTS) is 2. The minimum absolute atomic E-state index is 0.00286. The van der Waals surface area contributed by atoms with Gasteiger partial charge < -0.3 is 46.1 Å². The summed E-state index contributed by atoms with van der Waals surface area (Å²) in [5.41, 5.74) is 3.39. The summed E-state index contributed by atoms with van der Waals surface area (Å²) in [4.78, 5) is 74.9. The number of aromatic nitrogens is 1. The number of carbonyl (C=O) groups is 5. The van der Waals surface area contributed by atoms with Crippen molar-refractivity contribution in [3.8, 4) is 11.5 Å². The van der Waals surface area contributed by atoms with Gasteiger partial charge in [0.25, 0.3) is 17.7 Å². The Morgan fingerprint density at radius 1 is 1.19 bits per heavy atom. The van der Waals surface area contributed by atoms with Gasteiger partial charge >= 0.3 is 11.9 Å². The highest BCUT2D eigenvalue weighted by atomic mass is 35.5. The van der Waals surface area contributed by atoms with E-state index in [9.17, 15) is 44.4 Å². The topological polar surface area (TPSA) is 254 Å². The van der Waals surface area contributed by atoms with Crippen molar-refractivity contribution in [2.75, 3.05) is 37.7 Å². The normalized spacial score (nSPS) is 21.9. The minimum atomic E-state index is -1.79. The van der Waals surface area contributed by atoms with Crippen molar-refractivity contribution in [2.45, 2.75) is 62.1 Å². The number of carbonyl (C=O) groups excluding carboxylic acids is 3. The monoisotopic (exact) mass is 778 g/mol. The van der Waals surface area contributed by atoms with Crippen LogP contribution in [-0.4, -0.2) is 125 Å². The molecule has 1 aliphatic carbocycles. The lowest BCUT2D eigenvalue weighted by Gasteiger charge is -2.50. The van der Waals surface area contributed by atoms with Gasteiger partial charge in [0.2, 0.25) is 5.60 Å². The fourth-order valence-electron chi connectivity index (χ4n) is 6.75. The number of phenols is 2. The molecule has 0 radical (unpaired) electrons. The molecule has 278 valence electrons. The lowest BCUT2D eigenvalue weighted by molar-refractivity contribution is -0.914. The summed E-state index contributed by atoms with van der Waals surface area (Å²) in [6, 6.07) is 1.40. The van der Waals surface area contributed by atoms with Crippen LogP contribution in [0.4, 0.5) is 5.13 Å². The number of β-lactam (4-membered cyclic amide) rings is 1. The number of aromatic hydroxyl groups is 2. The number of rotatable bonds is 13. The van der Waals surface area contributed by atoms with Crippen molar-refractivity contribution < 1.29 is 53.7 Å². The third-order valence-electron chi connectivity index (χ3n) is 9.65. The van der Waals surface area contributed by atoms with Crippen LogP contribution in [0.1, 0.15) is 55.6 Å². The molecule has 1 saturated carbocycles. The van der Waals surface area contributed by atoms with Crippen LogP contribution in [0.3, 0.4) is 0 Å². The van der Waals surface area contributed by atoms with Gasteiger partial charge in [0.1, 0.15) is 35.9 Å². The molecule has 2 aromatic rings. The second kappa shape index (κ2) is 13.8. The van der Waals surface area contributed by atoms with E-state index in [1.807, 2.05) is 0 Å².